The summed E-state index contributed by atoms with van der Waals surface area (Å²) in [5.74, 6) is 1.14. The van der Waals surface area contributed by atoms with Crippen molar-refractivity contribution in [3.8, 4) is 0 Å². The van der Waals surface area contributed by atoms with Crippen molar-refractivity contribution in [1.82, 2.24) is 0 Å². The van der Waals surface area contributed by atoms with E-state index in [1.807, 2.05) is 0 Å². The molecular weight excluding hydrogens is 212 g/mol. The second-order valence-electron chi connectivity index (χ2n) is 4.57. The molecule has 0 spiro atoms. The van der Waals surface area contributed by atoms with Crippen LogP contribution < -0.4 is 0 Å². The van der Waals surface area contributed by atoms with Gasteiger partial charge in [0.1, 0.15) is 9.84 Å². The van der Waals surface area contributed by atoms with Gasteiger partial charge in [-0.2, -0.15) is 0 Å². The number of rotatable bonds is 7. The first-order valence-electron chi connectivity index (χ1n) is 5.92. The minimum atomic E-state index is -2.85. The van der Waals surface area contributed by atoms with E-state index in [9.17, 15) is 13.5 Å². The van der Waals surface area contributed by atoms with Crippen LogP contribution in [-0.2, 0) is 9.84 Å². The molecule has 0 heterocycles. The highest BCUT2D eigenvalue weighted by Gasteiger charge is 2.20. The van der Waals surface area contributed by atoms with Crippen molar-refractivity contribution in [2.45, 2.75) is 51.6 Å². The average Bonchev–Trinajstić information content (AvgIpc) is 2.11. The lowest BCUT2D eigenvalue weighted by atomic mass is 9.81. The molecule has 1 fully saturated rings. The summed E-state index contributed by atoms with van der Waals surface area (Å²) in [6.45, 7) is 1.67. The predicted molar refractivity (Wildman–Crippen MR) is 61.5 cm³/mol. The van der Waals surface area contributed by atoms with E-state index >= 15 is 0 Å². The zero-order valence-electron chi connectivity index (χ0n) is 9.48. The van der Waals surface area contributed by atoms with Crippen molar-refractivity contribution >= 4 is 9.84 Å². The molecule has 4 heteroatoms. The normalized spacial score (nSPS) is 19.9. The Bertz CT molecular complexity index is 268. The number of hydrogen-bond donors (Lipinski definition) is 1. The molecule has 0 aromatic rings. The van der Waals surface area contributed by atoms with E-state index in [1.54, 1.807) is 6.92 Å². The summed E-state index contributed by atoms with van der Waals surface area (Å²) in [5.41, 5.74) is 0. The molecular formula is C11H22O3S. The number of hydrogen-bond acceptors (Lipinski definition) is 3. The minimum absolute atomic E-state index is 0.214. The summed E-state index contributed by atoms with van der Waals surface area (Å²) < 4.78 is 22.4. The Balaban J connectivity index is 2.08. The van der Waals surface area contributed by atoms with Gasteiger partial charge in [0, 0.05) is 5.75 Å². The Morgan fingerprint density at radius 2 is 2.07 bits per heavy atom. The van der Waals surface area contributed by atoms with E-state index in [2.05, 4.69) is 0 Å². The van der Waals surface area contributed by atoms with E-state index in [0.29, 0.717) is 18.8 Å². The van der Waals surface area contributed by atoms with Crippen LogP contribution in [0.4, 0.5) is 0 Å². The molecule has 0 radical (unpaired) electrons. The Morgan fingerprint density at radius 1 is 1.40 bits per heavy atom. The van der Waals surface area contributed by atoms with E-state index in [4.69, 9.17) is 0 Å². The maximum atomic E-state index is 11.2. The monoisotopic (exact) mass is 234 g/mol. The van der Waals surface area contributed by atoms with Crippen molar-refractivity contribution < 1.29 is 13.5 Å². The molecule has 3 nitrogen and oxygen atoms in total. The first kappa shape index (κ1) is 13.0. The van der Waals surface area contributed by atoms with Crippen molar-refractivity contribution in [3.63, 3.8) is 0 Å². The fourth-order valence-electron chi connectivity index (χ4n) is 1.91. The lowest BCUT2D eigenvalue weighted by molar-refractivity contribution is 0.109. The topological polar surface area (TPSA) is 54.4 Å². The highest BCUT2D eigenvalue weighted by Crippen LogP contribution is 2.31. The average molecular weight is 234 g/mol. The minimum Gasteiger partial charge on any atom is -0.393 e. The van der Waals surface area contributed by atoms with Gasteiger partial charge in [-0.3, -0.25) is 0 Å². The molecule has 1 N–H and O–H groups in total. The summed E-state index contributed by atoms with van der Waals surface area (Å²) >= 11 is 0. The molecule has 0 aromatic heterocycles. The lowest BCUT2D eigenvalue weighted by Crippen LogP contribution is -2.20. The molecule has 0 bridgehead atoms. The van der Waals surface area contributed by atoms with Crippen LogP contribution in [-0.4, -0.2) is 31.1 Å². The third-order valence-corrected chi connectivity index (χ3v) is 5.05. The first-order valence-corrected chi connectivity index (χ1v) is 7.74. The second kappa shape index (κ2) is 5.85. The Kier molecular flexibility index (Phi) is 5.06. The van der Waals surface area contributed by atoms with Crippen LogP contribution in [0.25, 0.3) is 0 Å². The smallest absolute Gasteiger partial charge is 0.150 e. The van der Waals surface area contributed by atoms with Crippen LogP contribution >= 0.6 is 0 Å². The van der Waals surface area contributed by atoms with Gasteiger partial charge < -0.3 is 5.11 Å². The van der Waals surface area contributed by atoms with Crippen LogP contribution in [0.1, 0.15) is 45.4 Å². The van der Waals surface area contributed by atoms with Crippen LogP contribution in [0.2, 0.25) is 0 Å². The van der Waals surface area contributed by atoms with Gasteiger partial charge in [-0.05, 0) is 25.2 Å². The van der Waals surface area contributed by atoms with Gasteiger partial charge in [-0.15, -0.1) is 0 Å². The van der Waals surface area contributed by atoms with Gasteiger partial charge in [0.2, 0.25) is 0 Å². The van der Waals surface area contributed by atoms with Crippen molar-refractivity contribution in [1.29, 1.82) is 0 Å². The van der Waals surface area contributed by atoms with Crippen LogP contribution in [0.5, 0.6) is 0 Å². The van der Waals surface area contributed by atoms with Crippen molar-refractivity contribution in [3.05, 3.63) is 0 Å². The second-order valence-corrected chi connectivity index (χ2v) is 7.04. The zero-order valence-corrected chi connectivity index (χ0v) is 10.3. The maximum Gasteiger partial charge on any atom is 0.150 e. The summed E-state index contributed by atoms with van der Waals surface area (Å²) in [5, 5.41) is 9.66. The van der Waals surface area contributed by atoms with Crippen molar-refractivity contribution in [2.75, 3.05) is 11.5 Å². The number of sulfone groups is 1. The van der Waals surface area contributed by atoms with Gasteiger partial charge in [-0.1, -0.05) is 26.2 Å². The number of aliphatic hydroxyl groups is 1. The van der Waals surface area contributed by atoms with E-state index in [-0.39, 0.29) is 17.6 Å². The van der Waals surface area contributed by atoms with Gasteiger partial charge in [-0.25, -0.2) is 8.42 Å². The third kappa shape index (κ3) is 4.98. The van der Waals surface area contributed by atoms with Gasteiger partial charge in [0.05, 0.1) is 11.9 Å². The molecule has 1 rings (SSSR count). The molecule has 1 saturated carbocycles. The van der Waals surface area contributed by atoms with E-state index in [1.165, 1.54) is 19.3 Å². The maximum absolute atomic E-state index is 11.2. The van der Waals surface area contributed by atoms with Gasteiger partial charge in [0.25, 0.3) is 0 Å². The largest absolute Gasteiger partial charge is 0.393 e. The van der Waals surface area contributed by atoms with Crippen LogP contribution in [0, 0.1) is 5.92 Å². The predicted octanol–water partition coefficient (Wildman–Crippen LogP) is 1.75. The quantitative estimate of drug-likeness (QED) is 0.730. The molecule has 0 aromatic carbocycles. The van der Waals surface area contributed by atoms with Crippen molar-refractivity contribution in [2.24, 2.45) is 5.92 Å². The van der Waals surface area contributed by atoms with E-state index < -0.39 is 9.84 Å². The Hall–Kier alpha value is -0.0900. The molecule has 1 unspecified atom stereocenters. The molecule has 1 atom stereocenters. The molecule has 0 aliphatic heterocycles. The van der Waals surface area contributed by atoms with Gasteiger partial charge in [0.15, 0.2) is 0 Å². The Labute approximate surface area is 92.8 Å². The molecule has 0 saturated heterocycles. The fraction of sp³-hybridized carbons (Fsp3) is 1.00. The standard InChI is InChI=1S/C11H22O3S/c1-2-15(13,14)8-4-7-11(12)9-10-5-3-6-10/h10-12H,2-9H2,1H3. The summed E-state index contributed by atoms with van der Waals surface area (Å²) in [6, 6.07) is 0. The molecule has 15 heavy (non-hydrogen) atoms. The van der Waals surface area contributed by atoms with Gasteiger partial charge >= 0.3 is 0 Å². The zero-order chi connectivity index (χ0) is 11.3. The van der Waals surface area contributed by atoms with E-state index in [0.717, 1.165) is 6.42 Å². The van der Waals surface area contributed by atoms with Crippen LogP contribution in [0.3, 0.4) is 0 Å². The fourth-order valence-corrected chi connectivity index (χ4v) is 2.81. The molecule has 90 valence electrons. The first-order chi connectivity index (χ1) is 7.03. The summed E-state index contributed by atoms with van der Waals surface area (Å²) in [6.07, 6.45) is 5.59. The highest BCUT2D eigenvalue weighted by molar-refractivity contribution is 7.91. The number of aliphatic hydroxyl groups excluding tert-OH is 1. The highest BCUT2D eigenvalue weighted by atomic mass is 32.2. The molecule has 1 aliphatic rings. The molecule has 0 amide bonds. The summed E-state index contributed by atoms with van der Waals surface area (Å²) in [7, 11) is -2.85. The molecule has 1 aliphatic carbocycles. The third-order valence-electron chi connectivity index (χ3n) is 3.26. The lowest BCUT2D eigenvalue weighted by Gasteiger charge is -2.27. The Morgan fingerprint density at radius 3 is 2.53 bits per heavy atom. The SMILES string of the molecule is CCS(=O)(=O)CCCC(O)CC1CCC1. The summed E-state index contributed by atoms with van der Waals surface area (Å²) in [4.78, 5) is 0. The van der Waals surface area contributed by atoms with Crippen LogP contribution in [0.15, 0.2) is 0 Å².